The van der Waals surface area contributed by atoms with E-state index in [0.717, 1.165) is 49.0 Å². The van der Waals surface area contributed by atoms with Crippen molar-refractivity contribution in [1.82, 2.24) is 9.71 Å². The summed E-state index contributed by atoms with van der Waals surface area (Å²) in [5.41, 5.74) is 0.427. The van der Waals surface area contributed by atoms with Crippen molar-refractivity contribution in [2.24, 2.45) is 5.92 Å². The smallest absolute Gasteiger partial charge is 0.274 e. The van der Waals surface area contributed by atoms with E-state index in [9.17, 15) is 4.79 Å². The first-order chi connectivity index (χ1) is 14.4. The number of pyridine rings is 1. The van der Waals surface area contributed by atoms with Crippen molar-refractivity contribution >= 4 is 17.6 Å². The molecule has 1 heterocycles. The second kappa shape index (κ2) is 10.8. The maximum absolute atomic E-state index is 11.9. The minimum atomic E-state index is -0.156. The van der Waals surface area contributed by atoms with E-state index in [4.69, 9.17) is 9.47 Å². The molecule has 1 saturated carbocycles. The Morgan fingerprint density at radius 2 is 2.03 bits per heavy atom. The predicted molar refractivity (Wildman–Crippen MR) is 124 cm³/mol. The monoisotopic (exact) mass is 431 g/mol. The number of ether oxygens (including phenoxy) is 2. The molecule has 0 atom stereocenters. The van der Waals surface area contributed by atoms with Crippen molar-refractivity contribution < 1.29 is 9.47 Å². The lowest BCUT2D eigenvalue weighted by Crippen LogP contribution is -2.34. The van der Waals surface area contributed by atoms with Crippen LogP contribution in [0.5, 0.6) is 11.6 Å². The molecule has 1 aliphatic carbocycles. The first-order valence-corrected chi connectivity index (χ1v) is 11.4. The SMILES string of the molecule is COc1ccc(NCCCCC(C)(C)NSc2cccc(OCC3CC3)c2)c(=O)[nH]1. The number of unbranched alkanes of at least 4 members (excludes halogenated alkanes) is 1. The fraction of sp³-hybridized carbons (Fsp3) is 0.522. The summed E-state index contributed by atoms with van der Waals surface area (Å²) in [5, 5.41) is 3.20. The molecule has 0 spiro atoms. The maximum Gasteiger partial charge on any atom is 0.274 e. The van der Waals surface area contributed by atoms with Crippen LogP contribution in [0.2, 0.25) is 0 Å². The van der Waals surface area contributed by atoms with Gasteiger partial charge in [-0.15, -0.1) is 0 Å². The molecule has 1 aliphatic rings. The number of H-pyrrole nitrogens is 1. The molecule has 6 nitrogen and oxygen atoms in total. The van der Waals surface area contributed by atoms with Gasteiger partial charge < -0.3 is 14.8 Å². The van der Waals surface area contributed by atoms with Gasteiger partial charge in [0.15, 0.2) is 5.88 Å². The molecule has 0 bridgehead atoms. The lowest BCUT2D eigenvalue weighted by atomic mass is 9.99. The zero-order valence-electron chi connectivity index (χ0n) is 18.1. The van der Waals surface area contributed by atoms with E-state index in [1.54, 1.807) is 24.1 Å². The predicted octanol–water partition coefficient (Wildman–Crippen LogP) is 4.83. The zero-order valence-corrected chi connectivity index (χ0v) is 18.9. The molecule has 1 aromatic carbocycles. The van der Waals surface area contributed by atoms with Gasteiger partial charge in [-0.05, 0) is 88.1 Å². The third kappa shape index (κ3) is 7.61. The third-order valence-electron chi connectivity index (χ3n) is 5.08. The molecule has 0 amide bonds. The first kappa shape index (κ1) is 22.6. The van der Waals surface area contributed by atoms with Crippen molar-refractivity contribution in [2.75, 3.05) is 25.6 Å². The van der Waals surface area contributed by atoms with E-state index in [-0.39, 0.29) is 11.1 Å². The van der Waals surface area contributed by atoms with E-state index >= 15 is 0 Å². The second-order valence-corrected chi connectivity index (χ2v) is 9.35. The number of rotatable bonds is 13. The van der Waals surface area contributed by atoms with Crippen LogP contribution >= 0.6 is 11.9 Å². The first-order valence-electron chi connectivity index (χ1n) is 10.6. The van der Waals surface area contributed by atoms with Gasteiger partial charge in [0.25, 0.3) is 5.56 Å². The van der Waals surface area contributed by atoms with Crippen LogP contribution in [0.15, 0.2) is 46.1 Å². The minimum absolute atomic E-state index is 0.00707. The fourth-order valence-electron chi connectivity index (χ4n) is 3.00. The minimum Gasteiger partial charge on any atom is -0.493 e. The Balaban J connectivity index is 1.35. The van der Waals surface area contributed by atoms with Gasteiger partial charge in [-0.1, -0.05) is 6.07 Å². The van der Waals surface area contributed by atoms with Gasteiger partial charge in [-0.3, -0.25) is 14.5 Å². The molecule has 30 heavy (non-hydrogen) atoms. The highest BCUT2D eigenvalue weighted by molar-refractivity contribution is 7.97. The van der Waals surface area contributed by atoms with E-state index in [2.05, 4.69) is 41.0 Å². The Morgan fingerprint density at radius 3 is 2.77 bits per heavy atom. The standard InChI is InChI=1S/C23H33N3O3S/c1-23(2,13-4-5-14-24-20-11-12-21(28-3)25-22(20)27)26-30-19-8-6-7-18(15-19)29-16-17-9-10-17/h6-8,11-12,15,17,24,26H,4-5,9-10,13-14,16H2,1-3H3,(H,25,27). The summed E-state index contributed by atoms with van der Waals surface area (Å²) in [6.45, 7) is 6.03. The van der Waals surface area contributed by atoms with Crippen molar-refractivity contribution in [1.29, 1.82) is 0 Å². The van der Waals surface area contributed by atoms with Gasteiger partial charge in [0.05, 0.1) is 13.7 Å². The number of aromatic nitrogens is 1. The average molecular weight is 432 g/mol. The fourth-order valence-corrected chi connectivity index (χ4v) is 3.82. The van der Waals surface area contributed by atoms with Crippen LogP contribution in [0.25, 0.3) is 0 Å². The highest BCUT2D eigenvalue weighted by atomic mass is 32.2. The molecule has 3 N–H and O–H groups in total. The second-order valence-electron chi connectivity index (χ2n) is 8.47. The summed E-state index contributed by atoms with van der Waals surface area (Å²) in [6.07, 6.45) is 5.70. The quantitative estimate of drug-likeness (QED) is 0.312. The summed E-state index contributed by atoms with van der Waals surface area (Å²) >= 11 is 1.65. The topological polar surface area (TPSA) is 75.4 Å². The molecular formula is C23H33N3O3S. The summed E-state index contributed by atoms with van der Waals surface area (Å²) in [5.74, 6) is 2.18. The van der Waals surface area contributed by atoms with E-state index < -0.39 is 0 Å². The van der Waals surface area contributed by atoms with Crippen LogP contribution in [-0.4, -0.2) is 30.8 Å². The van der Waals surface area contributed by atoms with Crippen LogP contribution in [0.1, 0.15) is 46.0 Å². The van der Waals surface area contributed by atoms with Crippen molar-refractivity contribution in [3.05, 3.63) is 46.8 Å². The molecule has 0 aliphatic heterocycles. The van der Waals surface area contributed by atoms with Crippen LogP contribution in [0.4, 0.5) is 5.69 Å². The number of hydrogen-bond acceptors (Lipinski definition) is 6. The van der Waals surface area contributed by atoms with Gasteiger partial charge in [-0.25, -0.2) is 0 Å². The molecule has 0 saturated heterocycles. The molecule has 7 heteroatoms. The van der Waals surface area contributed by atoms with Crippen LogP contribution in [-0.2, 0) is 0 Å². The van der Waals surface area contributed by atoms with Crippen molar-refractivity contribution in [2.45, 2.75) is 56.4 Å². The van der Waals surface area contributed by atoms with E-state index in [1.807, 2.05) is 12.1 Å². The summed E-state index contributed by atoms with van der Waals surface area (Å²) in [7, 11) is 1.53. The van der Waals surface area contributed by atoms with Crippen LogP contribution < -0.4 is 25.1 Å². The number of anilines is 1. The number of methoxy groups -OCH3 is 1. The number of benzene rings is 1. The molecule has 164 valence electrons. The van der Waals surface area contributed by atoms with E-state index in [1.165, 1.54) is 20.0 Å². The van der Waals surface area contributed by atoms with Gasteiger partial charge in [0.2, 0.25) is 0 Å². The van der Waals surface area contributed by atoms with E-state index in [0.29, 0.717) is 11.6 Å². The summed E-state index contributed by atoms with van der Waals surface area (Å²) in [4.78, 5) is 15.8. The molecule has 0 unspecified atom stereocenters. The number of hydrogen-bond donors (Lipinski definition) is 3. The Kier molecular flexibility index (Phi) is 8.10. The lowest BCUT2D eigenvalue weighted by Gasteiger charge is -2.25. The van der Waals surface area contributed by atoms with Gasteiger partial charge >= 0.3 is 0 Å². The largest absolute Gasteiger partial charge is 0.493 e. The Bertz CT molecular complexity index is 865. The highest BCUT2D eigenvalue weighted by Crippen LogP contribution is 2.30. The average Bonchev–Trinajstić information content (AvgIpc) is 3.56. The van der Waals surface area contributed by atoms with Crippen LogP contribution in [0.3, 0.4) is 0 Å². The van der Waals surface area contributed by atoms with Gasteiger partial charge in [-0.2, -0.15) is 0 Å². The van der Waals surface area contributed by atoms with Crippen LogP contribution in [0, 0.1) is 5.92 Å². The van der Waals surface area contributed by atoms with Crippen molar-refractivity contribution in [3.63, 3.8) is 0 Å². The number of nitrogens with one attached hydrogen (secondary N) is 3. The molecule has 3 rings (SSSR count). The normalized spacial score (nSPS) is 13.8. The zero-order chi connectivity index (χ0) is 21.4. The molecule has 2 aromatic rings. The molecule has 0 radical (unpaired) electrons. The summed E-state index contributed by atoms with van der Waals surface area (Å²) < 4.78 is 14.5. The molecule has 1 fully saturated rings. The lowest BCUT2D eigenvalue weighted by molar-refractivity contribution is 0.299. The van der Waals surface area contributed by atoms with Gasteiger partial charge in [0.1, 0.15) is 11.4 Å². The third-order valence-corrected chi connectivity index (χ3v) is 6.22. The maximum atomic E-state index is 11.9. The number of aromatic amines is 1. The Morgan fingerprint density at radius 1 is 1.20 bits per heavy atom. The Labute approximate surface area is 183 Å². The Hall–Kier alpha value is -2.12. The van der Waals surface area contributed by atoms with Crippen molar-refractivity contribution in [3.8, 4) is 11.6 Å². The molecule has 1 aromatic heterocycles. The molecular weight excluding hydrogens is 398 g/mol. The van der Waals surface area contributed by atoms with Gasteiger partial charge in [0, 0.05) is 23.0 Å². The highest BCUT2D eigenvalue weighted by Gasteiger charge is 2.22. The summed E-state index contributed by atoms with van der Waals surface area (Å²) in [6, 6.07) is 11.8.